The lowest BCUT2D eigenvalue weighted by Gasteiger charge is -2.13. The molecule has 0 saturated carbocycles. The number of rotatable bonds is 9. The summed E-state index contributed by atoms with van der Waals surface area (Å²) in [4.78, 5) is 50.7. The number of aromatic nitrogens is 4. The summed E-state index contributed by atoms with van der Waals surface area (Å²) in [6.45, 7) is 0. The fourth-order valence-electron chi connectivity index (χ4n) is 2.97. The molecule has 3 rings (SSSR count). The molecule has 0 radical (unpaired) electrons. The van der Waals surface area contributed by atoms with Gasteiger partial charge in [0.2, 0.25) is 5.95 Å². The van der Waals surface area contributed by atoms with Gasteiger partial charge < -0.3 is 27.0 Å². The molecule has 0 aliphatic rings. The van der Waals surface area contributed by atoms with E-state index in [4.69, 9.17) is 21.7 Å². The van der Waals surface area contributed by atoms with Gasteiger partial charge in [-0.05, 0) is 37.0 Å². The number of hydrogen-bond donors (Lipinski definition) is 5. The molecule has 3 aromatic rings. The van der Waals surface area contributed by atoms with E-state index in [1.807, 2.05) is 0 Å². The number of carbonyl (C=O) groups excluding carboxylic acids is 1. The Kier molecular flexibility index (Phi) is 6.73. The minimum Gasteiger partial charge on any atom is -0.481 e. The van der Waals surface area contributed by atoms with Gasteiger partial charge in [-0.2, -0.15) is 9.97 Å². The van der Waals surface area contributed by atoms with Crippen LogP contribution in [0.5, 0.6) is 0 Å². The minimum absolute atomic E-state index is 0.0257. The summed E-state index contributed by atoms with van der Waals surface area (Å²) in [6.07, 6.45) is 2.17. The molecule has 7 N–H and O–H groups in total. The Bertz CT molecular complexity index is 1170. The summed E-state index contributed by atoms with van der Waals surface area (Å²) in [5, 5.41) is 20.2. The van der Waals surface area contributed by atoms with E-state index in [0.29, 0.717) is 29.7 Å². The number of amides is 1. The van der Waals surface area contributed by atoms with E-state index in [2.05, 4.69) is 25.3 Å². The van der Waals surface area contributed by atoms with Crippen LogP contribution >= 0.6 is 0 Å². The Morgan fingerprint density at radius 2 is 1.72 bits per heavy atom. The standard InChI is InChI=1S/C20H21N7O5/c21-16-15-17(27-20(22)26-16)23-9-12(24-15)6-3-10-1-4-11(5-2-10)18(30)25-13(19(31)32)7-8-14(28)29/h1-2,4-5,9,13H,3,6-8H2,(H,25,30)(H,28,29)(H,31,32)(H4,21,22,23,26,27)/t13-/m1/s1. The highest BCUT2D eigenvalue weighted by molar-refractivity contribution is 5.96. The second-order valence-electron chi connectivity index (χ2n) is 6.99. The lowest BCUT2D eigenvalue weighted by atomic mass is 10.1. The molecule has 1 atom stereocenters. The van der Waals surface area contributed by atoms with E-state index in [9.17, 15) is 14.4 Å². The third-order valence-electron chi connectivity index (χ3n) is 4.64. The van der Waals surface area contributed by atoms with Crippen LogP contribution in [0.1, 0.15) is 34.5 Å². The normalized spacial score (nSPS) is 11.8. The van der Waals surface area contributed by atoms with E-state index in [1.165, 1.54) is 0 Å². The number of anilines is 2. The summed E-state index contributed by atoms with van der Waals surface area (Å²) in [6, 6.07) is 5.35. The van der Waals surface area contributed by atoms with Gasteiger partial charge in [0.1, 0.15) is 6.04 Å². The van der Waals surface area contributed by atoms with Gasteiger partial charge >= 0.3 is 11.9 Å². The van der Waals surface area contributed by atoms with E-state index < -0.39 is 23.9 Å². The molecular formula is C20H21N7O5. The Morgan fingerprint density at radius 1 is 1.00 bits per heavy atom. The zero-order valence-electron chi connectivity index (χ0n) is 16.9. The zero-order valence-corrected chi connectivity index (χ0v) is 16.9. The quantitative estimate of drug-likeness (QED) is 0.308. The van der Waals surface area contributed by atoms with Crippen molar-refractivity contribution in [1.82, 2.24) is 25.3 Å². The van der Waals surface area contributed by atoms with Gasteiger partial charge in [-0.3, -0.25) is 9.59 Å². The van der Waals surface area contributed by atoms with Crippen LogP contribution in [0.2, 0.25) is 0 Å². The maximum Gasteiger partial charge on any atom is 0.326 e. The second kappa shape index (κ2) is 9.64. The van der Waals surface area contributed by atoms with Gasteiger partial charge in [-0.15, -0.1) is 0 Å². The lowest BCUT2D eigenvalue weighted by Crippen LogP contribution is -2.41. The van der Waals surface area contributed by atoms with Gasteiger partial charge in [-0.25, -0.2) is 14.8 Å². The first-order valence-electron chi connectivity index (χ1n) is 9.62. The number of aryl methyl sites for hydroxylation is 2. The van der Waals surface area contributed by atoms with Crippen molar-refractivity contribution in [2.24, 2.45) is 0 Å². The molecular weight excluding hydrogens is 418 g/mol. The third kappa shape index (κ3) is 5.62. The number of carbonyl (C=O) groups is 3. The lowest BCUT2D eigenvalue weighted by molar-refractivity contribution is -0.140. The third-order valence-corrected chi connectivity index (χ3v) is 4.64. The first kappa shape index (κ1) is 22.3. The number of carboxylic acid groups (broad SMARTS) is 2. The highest BCUT2D eigenvalue weighted by atomic mass is 16.4. The maximum absolute atomic E-state index is 12.3. The summed E-state index contributed by atoms with van der Waals surface area (Å²) in [7, 11) is 0. The SMILES string of the molecule is Nc1nc(N)c2nc(CCc3ccc(C(=O)N[C@H](CCC(=O)O)C(=O)O)cc3)cnc2n1. The van der Waals surface area contributed by atoms with Crippen LogP contribution in [0, 0.1) is 0 Å². The topological polar surface area (TPSA) is 207 Å². The van der Waals surface area contributed by atoms with Crippen molar-refractivity contribution in [2.75, 3.05) is 11.5 Å². The molecule has 0 spiro atoms. The van der Waals surface area contributed by atoms with E-state index >= 15 is 0 Å². The number of nitrogens with zero attached hydrogens (tertiary/aromatic N) is 4. The number of nitrogens with one attached hydrogen (secondary N) is 1. The number of nitrogen functional groups attached to an aromatic ring is 2. The second-order valence-corrected chi connectivity index (χ2v) is 6.99. The number of fused-ring (bicyclic) bond motifs is 1. The van der Waals surface area contributed by atoms with Crippen LogP contribution < -0.4 is 16.8 Å². The Balaban J connectivity index is 1.62. The van der Waals surface area contributed by atoms with Crippen molar-refractivity contribution in [3.8, 4) is 0 Å². The van der Waals surface area contributed by atoms with Crippen molar-refractivity contribution >= 4 is 40.8 Å². The van der Waals surface area contributed by atoms with E-state index in [-0.39, 0.29) is 30.2 Å². The maximum atomic E-state index is 12.3. The first-order chi connectivity index (χ1) is 15.2. The molecule has 0 bridgehead atoms. The summed E-state index contributed by atoms with van der Waals surface area (Å²) in [5.41, 5.74) is 13.9. The van der Waals surface area contributed by atoms with Crippen molar-refractivity contribution in [1.29, 1.82) is 0 Å². The summed E-state index contributed by atoms with van der Waals surface area (Å²) in [5.74, 6) is -2.84. The minimum atomic E-state index is -1.29. The average molecular weight is 439 g/mol. The largest absolute Gasteiger partial charge is 0.481 e. The van der Waals surface area contributed by atoms with Crippen LogP contribution in [0.15, 0.2) is 30.5 Å². The fraction of sp³-hybridized carbons (Fsp3) is 0.250. The smallest absolute Gasteiger partial charge is 0.326 e. The highest BCUT2D eigenvalue weighted by Gasteiger charge is 2.21. The summed E-state index contributed by atoms with van der Waals surface area (Å²) < 4.78 is 0. The van der Waals surface area contributed by atoms with Gasteiger partial charge in [0.05, 0.1) is 11.9 Å². The molecule has 2 aromatic heterocycles. The molecule has 0 unspecified atom stereocenters. The van der Waals surface area contributed by atoms with Crippen molar-refractivity contribution in [3.05, 3.63) is 47.3 Å². The van der Waals surface area contributed by atoms with Crippen LogP contribution in [-0.2, 0) is 22.4 Å². The Hall–Kier alpha value is -4.35. The molecule has 32 heavy (non-hydrogen) atoms. The highest BCUT2D eigenvalue weighted by Crippen LogP contribution is 2.16. The Labute approximate surface area is 181 Å². The van der Waals surface area contributed by atoms with Crippen LogP contribution in [0.25, 0.3) is 11.2 Å². The van der Waals surface area contributed by atoms with Crippen LogP contribution in [0.4, 0.5) is 11.8 Å². The van der Waals surface area contributed by atoms with Crippen molar-refractivity contribution < 1.29 is 24.6 Å². The molecule has 166 valence electrons. The molecule has 2 heterocycles. The van der Waals surface area contributed by atoms with Gasteiger partial charge in [0.15, 0.2) is 17.0 Å². The van der Waals surface area contributed by atoms with E-state index in [0.717, 1.165) is 5.56 Å². The number of carboxylic acids is 2. The van der Waals surface area contributed by atoms with Crippen LogP contribution in [0.3, 0.4) is 0 Å². The number of nitrogens with two attached hydrogens (primary N) is 2. The average Bonchev–Trinajstić information content (AvgIpc) is 2.75. The number of aliphatic carboxylic acids is 2. The predicted octanol–water partition coefficient (Wildman–Crippen LogP) is 0.417. The molecule has 1 aromatic carbocycles. The van der Waals surface area contributed by atoms with Gasteiger partial charge in [-0.1, -0.05) is 12.1 Å². The number of hydrogen-bond acceptors (Lipinski definition) is 9. The van der Waals surface area contributed by atoms with Crippen molar-refractivity contribution in [3.63, 3.8) is 0 Å². The van der Waals surface area contributed by atoms with Gasteiger partial charge in [0, 0.05) is 12.0 Å². The molecule has 0 aliphatic carbocycles. The summed E-state index contributed by atoms with van der Waals surface area (Å²) >= 11 is 0. The molecule has 1 amide bonds. The van der Waals surface area contributed by atoms with Crippen LogP contribution in [-0.4, -0.2) is 54.0 Å². The van der Waals surface area contributed by atoms with Crippen molar-refractivity contribution in [2.45, 2.75) is 31.7 Å². The molecule has 0 saturated heterocycles. The fourth-order valence-corrected chi connectivity index (χ4v) is 2.97. The van der Waals surface area contributed by atoms with Gasteiger partial charge in [0.25, 0.3) is 5.91 Å². The molecule has 0 aliphatic heterocycles. The Morgan fingerprint density at radius 3 is 2.38 bits per heavy atom. The molecule has 12 heteroatoms. The predicted molar refractivity (Wildman–Crippen MR) is 114 cm³/mol. The molecule has 12 nitrogen and oxygen atoms in total. The monoisotopic (exact) mass is 439 g/mol. The van der Waals surface area contributed by atoms with E-state index in [1.54, 1.807) is 30.5 Å². The zero-order chi connectivity index (χ0) is 23.3. The molecule has 0 fully saturated rings. The number of benzene rings is 1. The first-order valence-corrected chi connectivity index (χ1v) is 9.62.